The van der Waals surface area contributed by atoms with E-state index < -0.39 is 15.9 Å². The Kier molecular flexibility index (Phi) is 4.26. The van der Waals surface area contributed by atoms with Gasteiger partial charge in [0.2, 0.25) is 0 Å². The van der Waals surface area contributed by atoms with Crippen molar-refractivity contribution >= 4 is 49.1 Å². The van der Waals surface area contributed by atoms with Gasteiger partial charge in [-0.2, -0.15) is 0 Å². The number of nitrogens with one attached hydrogen (secondary N) is 1. The fraction of sp³-hybridized carbons (Fsp3) is 0.0909. The first-order valence-corrected chi connectivity index (χ1v) is 8.16. The lowest BCUT2D eigenvalue weighted by molar-refractivity contribution is 0.0992. The van der Waals surface area contributed by atoms with E-state index in [4.69, 9.17) is 17.3 Å². The number of hydrogen-bond donors (Lipinski definition) is 2. The van der Waals surface area contributed by atoms with Crippen LogP contribution in [0.5, 0.6) is 0 Å². The van der Waals surface area contributed by atoms with E-state index in [1.807, 2.05) is 0 Å². The maximum atomic E-state index is 12.3. The Hall–Kier alpha value is -1.58. The summed E-state index contributed by atoms with van der Waals surface area (Å²) in [6, 6.07) is 2.66. The first-order chi connectivity index (χ1) is 9.70. The van der Waals surface area contributed by atoms with Gasteiger partial charge in [0.25, 0.3) is 15.9 Å². The molecule has 0 aliphatic carbocycles. The zero-order valence-electron chi connectivity index (χ0n) is 10.7. The lowest BCUT2D eigenvalue weighted by Crippen LogP contribution is -2.14. The second kappa shape index (κ2) is 5.66. The highest BCUT2D eigenvalue weighted by Crippen LogP contribution is 2.26. The van der Waals surface area contributed by atoms with Gasteiger partial charge in [-0.3, -0.25) is 9.52 Å². The maximum absolute atomic E-state index is 12.3. The van der Waals surface area contributed by atoms with Gasteiger partial charge < -0.3 is 10.3 Å². The molecule has 3 N–H and O–H groups in total. The van der Waals surface area contributed by atoms with Crippen molar-refractivity contribution in [3.05, 3.63) is 39.8 Å². The molecule has 2 aromatic heterocycles. The summed E-state index contributed by atoms with van der Waals surface area (Å²) < 4.78 is 28.8. The number of rotatable bonds is 4. The van der Waals surface area contributed by atoms with Crippen molar-refractivity contribution in [1.29, 1.82) is 0 Å². The van der Waals surface area contributed by atoms with Crippen LogP contribution in [0.4, 0.5) is 5.69 Å². The Morgan fingerprint density at radius 1 is 1.48 bits per heavy atom. The van der Waals surface area contributed by atoms with Crippen LogP contribution in [0, 0.1) is 0 Å². The average molecular weight is 394 g/mol. The number of aryl methyl sites for hydroxylation is 1. The zero-order chi connectivity index (χ0) is 15.8. The lowest BCUT2D eigenvalue weighted by Gasteiger charge is -2.07. The number of carbonyl (C=O) groups excluding carboxylic acids is 1. The molecule has 2 aromatic rings. The third-order valence-corrected chi connectivity index (χ3v) is 4.66. The number of halogens is 2. The molecule has 0 atom stereocenters. The topological polar surface area (TPSA) is 107 Å². The molecular weight excluding hydrogens is 384 g/mol. The molecule has 1 amide bonds. The molecule has 2 rings (SSSR count). The second-order valence-corrected chi connectivity index (χ2v) is 7.09. The average Bonchev–Trinajstić information content (AvgIpc) is 2.77. The normalized spacial score (nSPS) is 11.4. The van der Waals surface area contributed by atoms with E-state index in [9.17, 15) is 13.2 Å². The first-order valence-electron chi connectivity index (χ1n) is 5.51. The van der Waals surface area contributed by atoms with Gasteiger partial charge in [-0.05, 0) is 28.1 Å². The molecule has 0 radical (unpaired) electrons. The summed E-state index contributed by atoms with van der Waals surface area (Å²) in [5, 5.41) is 0.00725. The number of nitrogens with zero attached hydrogens (tertiary/aromatic N) is 2. The van der Waals surface area contributed by atoms with Crippen molar-refractivity contribution in [2.75, 3.05) is 4.72 Å². The van der Waals surface area contributed by atoms with Crippen molar-refractivity contribution in [3.8, 4) is 0 Å². The minimum atomic E-state index is -3.91. The standard InChI is InChI=1S/C11H10BrClN4O3S/c1-17-5-7(3-9(17)11(14)18)21(19,20)16-8-2-6(12)4-15-10(8)13/h2-5,16H,1H3,(H2,14,18). The number of primary amides is 1. The molecule has 0 fully saturated rings. The van der Waals surface area contributed by atoms with E-state index in [0.717, 1.165) is 0 Å². The molecule has 0 saturated carbocycles. The van der Waals surface area contributed by atoms with Gasteiger partial charge in [0.05, 0.1) is 5.69 Å². The Labute approximate surface area is 134 Å². The van der Waals surface area contributed by atoms with Gasteiger partial charge in [-0.15, -0.1) is 0 Å². The highest BCUT2D eigenvalue weighted by atomic mass is 79.9. The van der Waals surface area contributed by atoms with Crippen molar-refractivity contribution in [2.45, 2.75) is 4.90 Å². The molecule has 112 valence electrons. The minimum Gasteiger partial charge on any atom is -0.364 e. The summed E-state index contributed by atoms with van der Waals surface area (Å²) in [4.78, 5) is 14.9. The fourth-order valence-corrected chi connectivity index (χ4v) is 3.29. The predicted molar refractivity (Wildman–Crippen MR) is 81.7 cm³/mol. The number of nitrogens with two attached hydrogens (primary N) is 1. The van der Waals surface area contributed by atoms with Gasteiger partial charge in [-0.25, -0.2) is 13.4 Å². The highest BCUT2D eigenvalue weighted by molar-refractivity contribution is 9.10. The summed E-state index contributed by atoms with van der Waals surface area (Å²) in [6.45, 7) is 0. The summed E-state index contributed by atoms with van der Waals surface area (Å²) >= 11 is 9.01. The van der Waals surface area contributed by atoms with Crippen molar-refractivity contribution < 1.29 is 13.2 Å². The highest BCUT2D eigenvalue weighted by Gasteiger charge is 2.21. The summed E-state index contributed by atoms with van der Waals surface area (Å²) in [7, 11) is -2.39. The van der Waals surface area contributed by atoms with Crippen LogP contribution in [-0.2, 0) is 17.1 Å². The molecule has 7 nitrogen and oxygen atoms in total. The Morgan fingerprint density at radius 3 is 2.71 bits per heavy atom. The van der Waals surface area contributed by atoms with Crippen molar-refractivity contribution in [2.24, 2.45) is 12.8 Å². The van der Waals surface area contributed by atoms with Gasteiger partial charge in [0.15, 0.2) is 5.15 Å². The van der Waals surface area contributed by atoms with Crippen molar-refractivity contribution in [3.63, 3.8) is 0 Å². The molecule has 0 aliphatic heterocycles. The Balaban J connectivity index is 2.41. The second-order valence-electron chi connectivity index (χ2n) is 4.13. The molecule has 10 heteroatoms. The number of aromatic nitrogens is 2. The van der Waals surface area contributed by atoms with Gasteiger partial charge in [0.1, 0.15) is 10.6 Å². The third-order valence-electron chi connectivity index (χ3n) is 2.59. The SMILES string of the molecule is Cn1cc(S(=O)(=O)Nc2cc(Br)cnc2Cl)cc1C(N)=O. The number of anilines is 1. The van der Waals surface area contributed by atoms with E-state index in [1.165, 1.54) is 36.1 Å². The monoisotopic (exact) mass is 392 g/mol. The molecule has 0 aliphatic rings. The summed E-state index contributed by atoms with van der Waals surface area (Å²) in [5.74, 6) is -0.721. The van der Waals surface area contributed by atoms with E-state index in [0.29, 0.717) is 4.47 Å². The molecular formula is C11H10BrClN4O3S. The first kappa shape index (κ1) is 15.8. The smallest absolute Gasteiger partial charge is 0.265 e. The van der Waals surface area contributed by atoms with Gasteiger partial charge >= 0.3 is 0 Å². The number of amides is 1. The number of hydrogen-bond acceptors (Lipinski definition) is 4. The molecule has 0 bridgehead atoms. The van der Waals surface area contributed by atoms with Crippen LogP contribution in [0.1, 0.15) is 10.5 Å². The molecule has 0 aromatic carbocycles. The van der Waals surface area contributed by atoms with Crippen molar-refractivity contribution in [1.82, 2.24) is 9.55 Å². The van der Waals surface area contributed by atoms with Gasteiger partial charge in [-0.1, -0.05) is 11.6 Å². The Morgan fingerprint density at radius 2 is 2.14 bits per heavy atom. The number of sulfonamides is 1. The minimum absolute atomic E-state index is 0.00725. The summed E-state index contributed by atoms with van der Waals surface area (Å²) in [5.41, 5.74) is 5.35. The van der Waals surface area contributed by atoms with E-state index in [1.54, 1.807) is 0 Å². The summed E-state index contributed by atoms with van der Waals surface area (Å²) in [6.07, 6.45) is 2.72. The van der Waals surface area contributed by atoms with E-state index >= 15 is 0 Å². The molecule has 0 spiro atoms. The van der Waals surface area contributed by atoms with Crippen LogP contribution in [-0.4, -0.2) is 23.9 Å². The molecule has 21 heavy (non-hydrogen) atoms. The van der Waals surface area contributed by atoms with Crippen LogP contribution in [0.3, 0.4) is 0 Å². The number of pyridine rings is 1. The third kappa shape index (κ3) is 3.36. The van der Waals surface area contributed by atoms with Crippen LogP contribution in [0.2, 0.25) is 5.15 Å². The maximum Gasteiger partial charge on any atom is 0.265 e. The van der Waals surface area contributed by atoms with Crippen LogP contribution in [0.25, 0.3) is 0 Å². The Bertz CT molecular complexity index is 819. The van der Waals surface area contributed by atoms with E-state index in [2.05, 4.69) is 25.6 Å². The predicted octanol–water partition coefficient (Wildman–Crippen LogP) is 1.74. The molecule has 0 unspecified atom stereocenters. The van der Waals surface area contributed by atoms with Gasteiger partial charge in [0, 0.05) is 23.9 Å². The number of carbonyl (C=O) groups is 1. The quantitative estimate of drug-likeness (QED) is 0.771. The largest absolute Gasteiger partial charge is 0.364 e. The zero-order valence-corrected chi connectivity index (χ0v) is 13.8. The molecule has 0 saturated heterocycles. The van der Waals surface area contributed by atoms with E-state index in [-0.39, 0.29) is 21.4 Å². The lowest BCUT2D eigenvalue weighted by atomic mass is 10.4. The molecule has 2 heterocycles. The fourth-order valence-electron chi connectivity index (χ4n) is 1.62. The van der Waals surface area contributed by atoms with Crippen LogP contribution >= 0.6 is 27.5 Å². The van der Waals surface area contributed by atoms with Crippen LogP contribution in [0.15, 0.2) is 33.9 Å². The van der Waals surface area contributed by atoms with Crippen LogP contribution < -0.4 is 10.5 Å².